The summed E-state index contributed by atoms with van der Waals surface area (Å²) in [7, 11) is 1.60. The average molecular weight is 742 g/mol. The summed E-state index contributed by atoms with van der Waals surface area (Å²) in [6.45, 7) is 3.00. The van der Waals surface area contributed by atoms with Crippen molar-refractivity contribution in [2.75, 3.05) is 7.11 Å². The van der Waals surface area contributed by atoms with Crippen LogP contribution in [0.4, 0.5) is 13.2 Å². The molecule has 0 amide bonds. The molecule has 270 valence electrons. The Morgan fingerprint density at radius 1 is 0.830 bits per heavy atom. The van der Waals surface area contributed by atoms with Gasteiger partial charge in [-0.1, -0.05) is 35.9 Å². The molecule has 4 heterocycles. The van der Waals surface area contributed by atoms with E-state index in [4.69, 9.17) is 30.3 Å². The molecule has 7 rings (SSSR count). The molecule has 0 spiro atoms. The first-order chi connectivity index (χ1) is 25.8. The normalized spacial score (nSPS) is 11.2. The third-order valence-corrected chi connectivity index (χ3v) is 8.65. The van der Waals surface area contributed by atoms with Crippen molar-refractivity contribution in [3.8, 4) is 40.4 Å². The number of rotatable bonds is 14. The molecule has 0 aliphatic carbocycles. The van der Waals surface area contributed by atoms with Crippen LogP contribution >= 0.6 is 11.6 Å². The van der Waals surface area contributed by atoms with E-state index < -0.39 is 17.5 Å². The number of methoxy groups -OCH3 is 1. The van der Waals surface area contributed by atoms with Crippen LogP contribution in [-0.2, 0) is 32.7 Å². The molecule has 0 N–H and O–H groups in total. The fraction of sp³-hybridized carbons (Fsp3) is 0.184. The maximum atomic E-state index is 15.8. The average Bonchev–Trinajstić information content (AvgIpc) is 3.93. The van der Waals surface area contributed by atoms with E-state index in [9.17, 15) is 4.39 Å². The minimum Gasteiger partial charge on any atom is -0.497 e. The Morgan fingerprint density at radius 3 is 2.43 bits per heavy atom. The number of hydrogen-bond donors (Lipinski definition) is 0. The van der Waals surface area contributed by atoms with Crippen LogP contribution in [0.3, 0.4) is 0 Å². The second kappa shape index (κ2) is 15.6. The van der Waals surface area contributed by atoms with E-state index in [1.54, 1.807) is 48.5 Å². The summed E-state index contributed by atoms with van der Waals surface area (Å²) in [5.41, 5.74) is 2.10. The Balaban J connectivity index is 1.12. The van der Waals surface area contributed by atoms with Crippen LogP contribution in [0.25, 0.3) is 22.8 Å². The maximum absolute atomic E-state index is 15.8. The third kappa shape index (κ3) is 8.02. The van der Waals surface area contributed by atoms with Gasteiger partial charge in [0.1, 0.15) is 42.2 Å². The molecule has 0 aliphatic rings. The molecule has 0 fully saturated rings. The summed E-state index contributed by atoms with van der Waals surface area (Å²) in [5, 5.41) is 13.0. The molecule has 4 aromatic heterocycles. The molecular weight excluding hydrogens is 711 g/mol. The third-order valence-electron chi connectivity index (χ3n) is 8.42. The molecule has 15 heteroatoms. The molecule has 0 bridgehead atoms. The largest absolute Gasteiger partial charge is 0.497 e. The molecule has 0 saturated heterocycles. The fourth-order valence-corrected chi connectivity index (χ4v) is 5.74. The van der Waals surface area contributed by atoms with Crippen molar-refractivity contribution >= 4 is 11.6 Å². The molecule has 53 heavy (non-hydrogen) atoms. The molecule has 0 saturated carbocycles. The summed E-state index contributed by atoms with van der Waals surface area (Å²) in [4.78, 5) is 8.59. The van der Waals surface area contributed by atoms with Crippen LogP contribution in [-0.4, -0.2) is 41.6 Å². The van der Waals surface area contributed by atoms with E-state index in [1.165, 1.54) is 18.2 Å². The predicted octanol–water partition coefficient (Wildman–Crippen LogP) is 8.09. The van der Waals surface area contributed by atoms with Crippen molar-refractivity contribution in [1.29, 1.82) is 0 Å². The lowest BCUT2D eigenvalue weighted by Gasteiger charge is -2.12. The Hall–Kier alpha value is -6.15. The minimum absolute atomic E-state index is 0.0437. The van der Waals surface area contributed by atoms with Crippen molar-refractivity contribution in [2.24, 2.45) is 0 Å². The van der Waals surface area contributed by atoms with Crippen molar-refractivity contribution in [3.05, 3.63) is 142 Å². The molecule has 7 aromatic rings. The monoisotopic (exact) mass is 741 g/mol. The van der Waals surface area contributed by atoms with Crippen molar-refractivity contribution in [3.63, 3.8) is 0 Å². The Labute approximate surface area is 306 Å². The second-order valence-electron chi connectivity index (χ2n) is 11.8. The van der Waals surface area contributed by atoms with Gasteiger partial charge >= 0.3 is 0 Å². The van der Waals surface area contributed by atoms with Gasteiger partial charge in [0.05, 0.1) is 37.4 Å². The van der Waals surface area contributed by atoms with Crippen LogP contribution in [0.1, 0.15) is 35.1 Å². The van der Waals surface area contributed by atoms with Crippen LogP contribution in [0.2, 0.25) is 5.02 Å². The number of hydrogen-bond acceptors (Lipinski definition) is 9. The Morgan fingerprint density at radius 2 is 1.64 bits per heavy atom. The summed E-state index contributed by atoms with van der Waals surface area (Å²) in [5.74, 6) is 0.0720. The van der Waals surface area contributed by atoms with Gasteiger partial charge in [-0.25, -0.2) is 23.1 Å². The highest BCUT2D eigenvalue weighted by Crippen LogP contribution is 2.29. The molecule has 0 aliphatic heterocycles. The smallest absolute Gasteiger partial charge is 0.255 e. The van der Waals surface area contributed by atoms with Gasteiger partial charge in [-0.15, -0.1) is 10.2 Å². The molecular formula is C38H31ClF3N7O4. The van der Waals surface area contributed by atoms with Gasteiger partial charge in [0, 0.05) is 41.4 Å². The first-order valence-corrected chi connectivity index (χ1v) is 16.8. The number of aryl methyl sites for hydroxylation is 1. The van der Waals surface area contributed by atoms with E-state index in [1.807, 2.05) is 35.8 Å². The second-order valence-corrected chi connectivity index (χ2v) is 12.3. The predicted molar refractivity (Wildman–Crippen MR) is 188 cm³/mol. The molecule has 0 atom stereocenters. The lowest BCUT2D eigenvalue weighted by atomic mass is 10.0. The standard InChI is InChI=1S/C38H31ClF3N7O4/c1-3-48-22-43-18-27(48)19-49-35(45-46-38(49)34-17-37(47-53-34)51-20-23-7-11-28(50-2)12-8-23)14-25-13-32(42)29(16-31(25)41)33-5-4-6-36(44-33)52-21-24-9-10-26(39)15-30(24)40/h4-13,15-18,22H,3,14,19-21H2,1-2H3. The SMILES string of the molecule is CCn1cncc1Cn1c(Cc2cc(F)c(-c3cccc(OCc4ccc(Cl)cc4F)n3)cc2F)nnc1-c1cc(OCc2ccc(OC)cc2)no1. The highest BCUT2D eigenvalue weighted by atomic mass is 35.5. The zero-order valence-electron chi connectivity index (χ0n) is 28.5. The number of imidazole rings is 1. The summed E-state index contributed by atoms with van der Waals surface area (Å²) in [6.07, 6.45) is 3.32. The number of pyridine rings is 1. The quantitative estimate of drug-likeness (QED) is 0.109. The lowest BCUT2D eigenvalue weighted by Crippen LogP contribution is -2.11. The fourth-order valence-electron chi connectivity index (χ4n) is 5.58. The van der Waals surface area contributed by atoms with Gasteiger partial charge in [0.2, 0.25) is 17.5 Å². The van der Waals surface area contributed by atoms with Crippen LogP contribution in [0.5, 0.6) is 17.5 Å². The topological polar surface area (TPSA) is 115 Å². The maximum Gasteiger partial charge on any atom is 0.255 e. The summed E-state index contributed by atoms with van der Waals surface area (Å²) in [6, 6.07) is 20.1. The van der Waals surface area contributed by atoms with E-state index in [2.05, 4.69) is 25.3 Å². The molecule has 0 radical (unpaired) electrons. The minimum atomic E-state index is -0.709. The van der Waals surface area contributed by atoms with E-state index in [0.29, 0.717) is 18.2 Å². The molecule has 11 nitrogen and oxygen atoms in total. The van der Waals surface area contributed by atoms with Gasteiger partial charge in [-0.05, 0) is 65.7 Å². The van der Waals surface area contributed by atoms with E-state index in [0.717, 1.165) is 29.1 Å². The zero-order valence-corrected chi connectivity index (χ0v) is 29.2. The van der Waals surface area contributed by atoms with Gasteiger partial charge in [-0.3, -0.25) is 0 Å². The highest BCUT2D eigenvalue weighted by molar-refractivity contribution is 6.30. The Bertz CT molecular complexity index is 2360. The zero-order chi connectivity index (χ0) is 36.9. The highest BCUT2D eigenvalue weighted by Gasteiger charge is 2.22. The van der Waals surface area contributed by atoms with Crippen LogP contribution < -0.4 is 14.2 Å². The first-order valence-electron chi connectivity index (χ1n) is 16.4. The number of nitrogens with zero attached hydrogens (tertiary/aromatic N) is 7. The van der Waals surface area contributed by atoms with Crippen molar-refractivity contribution < 1.29 is 31.9 Å². The molecule has 0 unspecified atom stereocenters. The molecule has 3 aromatic carbocycles. The first kappa shape index (κ1) is 35.3. The van der Waals surface area contributed by atoms with Crippen molar-refractivity contribution in [2.45, 2.75) is 39.6 Å². The van der Waals surface area contributed by atoms with E-state index >= 15 is 8.78 Å². The van der Waals surface area contributed by atoms with Gasteiger partial charge in [0.15, 0.2) is 0 Å². The summed E-state index contributed by atoms with van der Waals surface area (Å²) < 4.78 is 71.7. The van der Waals surface area contributed by atoms with Gasteiger partial charge in [0.25, 0.3) is 5.88 Å². The van der Waals surface area contributed by atoms with Crippen LogP contribution in [0.15, 0.2) is 95.9 Å². The number of halogens is 4. The number of aromatic nitrogens is 7. The lowest BCUT2D eigenvalue weighted by molar-refractivity contribution is 0.270. The van der Waals surface area contributed by atoms with Gasteiger partial charge in [-0.2, -0.15) is 0 Å². The number of ether oxygens (including phenoxy) is 3. The number of benzene rings is 3. The van der Waals surface area contributed by atoms with E-state index in [-0.39, 0.29) is 71.1 Å². The van der Waals surface area contributed by atoms with Gasteiger partial charge < -0.3 is 27.9 Å². The summed E-state index contributed by atoms with van der Waals surface area (Å²) >= 11 is 5.83. The van der Waals surface area contributed by atoms with Crippen LogP contribution in [0, 0.1) is 17.5 Å². The van der Waals surface area contributed by atoms with Crippen molar-refractivity contribution in [1.82, 2.24) is 34.5 Å². The Kier molecular flexibility index (Phi) is 10.4.